The van der Waals surface area contributed by atoms with Crippen molar-refractivity contribution in [1.29, 1.82) is 0 Å². The number of anilines is 1. The molecule has 0 spiro atoms. The third-order valence-electron chi connectivity index (χ3n) is 3.86. The second-order valence-electron chi connectivity index (χ2n) is 6.53. The summed E-state index contributed by atoms with van der Waals surface area (Å²) < 4.78 is 11.0. The molecule has 0 fully saturated rings. The van der Waals surface area contributed by atoms with Crippen molar-refractivity contribution in [1.82, 2.24) is 0 Å². The van der Waals surface area contributed by atoms with Gasteiger partial charge in [0.1, 0.15) is 17.6 Å². The van der Waals surface area contributed by atoms with Gasteiger partial charge in [-0.1, -0.05) is 11.6 Å². The summed E-state index contributed by atoms with van der Waals surface area (Å²) in [5.74, 6) is 0.402. The van der Waals surface area contributed by atoms with Crippen LogP contribution in [-0.2, 0) is 4.79 Å². The Labute approximate surface area is 157 Å². The zero-order valence-corrected chi connectivity index (χ0v) is 15.5. The number of carbonyl (C=O) groups is 1. The summed E-state index contributed by atoms with van der Waals surface area (Å²) in [5.41, 5.74) is 2.29. The van der Waals surface area contributed by atoms with Gasteiger partial charge in [0, 0.05) is 11.8 Å². The molecule has 0 bridgehead atoms. The number of carbonyl (C=O) groups excluding carboxylic acids is 1. The van der Waals surface area contributed by atoms with Crippen LogP contribution in [-0.4, -0.2) is 12.0 Å². The molecule has 1 amide bonds. The third kappa shape index (κ3) is 4.64. The Bertz CT molecular complexity index is 1050. The number of hydrogen-bond acceptors (Lipinski definition) is 4. The minimum absolute atomic E-state index is 0.0887. The minimum atomic E-state index is -0.337. The first-order chi connectivity index (χ1) is 12.9. The van der Waals surface area contributed by atoms with Crippen molar-refractivity contribution in [3.63, 3.8) is 0 Å². The number of hydrogen-bond donors (Lipinski definition) is 1. The average Bonchev–Trinajstić information content (AvgIpc) is 2.63. The fourth-order valence-electron chi connectivity index (χ4n) is 2.61. The highest BCUT2D eigenvalue weighted by molar-refractivity contribution is 6.02. The molecule has 0 aliphatic heterocycles. The maximum atomic E-state index is 12.5. The van der Waals surface area contributed by atoms with Crippen LogP contribution in [0.15, 0.2) is 64.0 Å². The Kier molecular flexibility index (Phi) is 5.41. The van der Waals surface area contributed by atoms with E-state index in [-0.39, 0.29) is 17.4 Å². The summed E-state index contributed by atoms with van der Waals surface area (Å²) in [6.45, 7) is 5.81. The third-order valence-corrected chi connectivity index (χ3v) is 3.86. The number of benzene rings is 2. The van der Waals surface area contributed by atoms with Crippen LogP contribution in [0.4, 0.5) is 5.69 Å². The highest BCUT2D eigenvalue weighted by atomic mass is 16.5. The van der Waals surface area contributed by atoms with E-state index in [0.717, 1.165) is 11.3 Å². The molecule has 2 aromatic carbocycles. The van der Waals surface area contributed by atoms with Crippen molar-refractivity contribution in [2.24, 2.45) is 0 Å². The van der Waals surface area contributed by atoms with Crippen molar-refractivity contribution in [2.45, 2.75) is 26.9 Å². The molecule has 3 aromatic rings. The predicted molar refractivity (Wildman–Crippen MR) is 107 cm³/mol. The molecule has 0 radical (unpaired) electrons. The van der Waals surface area contributed by atoms with Crippen molar-refractivity contribution in [3.05, 3.63) is 76.2 Å². The molecule has 1 heterocycles. The van der Waals surface area contributed by atoms with E-state index >= 15 is 0 Å². The standard InChI is InChI=1S/C22H21NO4/c1-14(2)27-18-8-6-17(7-9-18)23-21(24)11-5-16-13-26-20-10-4-15(3)12-19(20)22(16)25/h4-14H,1-3H3,(H,23,24)/b11-5+. The van der Waals surface area contributed by atoms with Gasteiger partial charge < -0.3 is 14.5 Å². The molecule has 1 aromatic heterocycles. The Hall–Kier alpha value is -3.34. The molecule has 0 aliphatic rings. The van der Waals surface area contributed by atoms with Crippen LogP contribution in [0.2, 0.25) is 0 Å². The number of fused-ring (bicyclic) bond motifs is 1. The van der Waals surface area contributed by atoms with Gasteiger partial charge in [-0.15, -0.1) is 0 Å². The Morgan fingerprint density at radius 2 is 1.89 bits per heavy atom. The summed E-state index contributed by atoms with van der Waals surface area (Å²) in [4.78, 5) is 24.6. The molecule has 0 saturated carbocycles. The van der Waals surface area contributed by atoms with Crippen molar-refractivity contribution < 1.29 is 13.9 Å². The van der Waals surface area contributed by atoms with Gasteiger partial charge in [-0.25, -0.2) is 0 Å². The van der Waals surface area contributed by atoms with E-state index < -0.39 is 0 Å². The predicted octanol–water partition coefficient (Wildman–Crippen LogP) is 4.54. The summed E-state index contributed by atoms with van der Waals surface area (Å²) >= 11 is 0. The molecule has 5 heteroatoms. The van der Waals surface area contributed by atoms with Crippen molar-refractivity contribution >= 4 is 28.6 Å². The van der Waals surface area contributed by atoms with Crippen LogP contribution in [0.3, 0.4) is 0 Å². The number of nitrogens with one attached hydrogen (secondary N) is 1. The molecule has 27 heavy (non-hydrogen) atoms. The molecule has 0 unspecified atom stereocenters. The topological polar surface area (TPSA) is 68.5 Å². The van der Waals surface area contributed by atoms with Crippen molar-refractivity contribution in [2.75, 3.05) is 5.32 Å². The van der Waals surface area contributed by atoms with Gasteiger partial charge in [0.2, 0.25) is 5.91 Å². The number of ether oxygens (including phenoxy) is 1. The molecule has 5 nitrogen and oxygen atoms in total. The van der Waals surface area contributed by atoms with Gasteiger partial charge in [0.05, 0.1) is 17.1 Å². The van der Waals surface area contributed by atoms with Gasteiger partial charge in [-0.3, -0.25) is 9.59 Å². The lowest BCUT2D eigenvalue weighted by atomic mass is 10.1. The molecular weight excluding hydrogens is 342 g/mol. The maximum absolute atomic E-state index is 12.5. The van der Waals surface area contributed by atoms with Crippen LogP contribution >= 0.6 is 0 Å². The number of amides is 1. The SMILES string of the molecule is Cc1ccc2occ(/C=C/C(=O)Nc3ccc(OC(C)C)cc3)c(=O)c2c1. The van der Waals surface area contributed by atoms with Crippen LogP contribution in [0.1, 0.15) is 25.0 Å². The Balaban J connectivity index is 1.72. The second kappa shape index (κ2) is 7.91. The lowest BCUT2D eigenvalue weighted by Crippen LogP contribution is -2.09. The second-order valence-corrected chi connectivity index (χ2v) is 6.53. The first-order valence-corrected chi connectivity index (χ1v) is 8.70. The highest BCUT2D eigenvalue weighted by Crippen LogP contribution is 2.17. The molecule has 1 N–H and O–H groups in total. The van der Waals surface area contributed by atoms with E-state index in [1.807, 2.05) is 26.8 Å². The Morgan fingerprint density at radius 3 is 2.59 bits per heavy atom. The largest absolute Gasteiger partial charge is 0.491 e. The summed E-state index contributed by atoms with van der Waals surface area (Å²) in [6, 6.07) is 12.5. The highest BCUT2D eigenvalue weighted by Gasteiger charge is 2.06. The first kappa shape index (κ1) is 18.5. The van der Waals surface area contributed by atoms with Gasteiger partial charge in [0.15, 0.2) is 5.43 Å². The minimum Gasteiger partial charge on any atom is -0.491 e. The maximum Gasteiger partial charge on any atom is 0.248 e. The first-order valence-electron chi connectivity index (χ1n) is 8.70. The van der Waals surface area contributed by atoms with Crippen LogP contribution < -0.4 is 15.5 Å². The molecular formula is C22H21NO4. The van der Waals surface area contributed by atoms with Gasteiger partial charge >= 0.3 is 0 Å². The number of rotatable bonds is 5. The fourth-order valence-corrected chi connectivity index (χ4v) is 2.61. The monoisotopic (exact) mass is 363 g/mol. The van der Waals surface area contributed by atoms with Gasteiger partial charge in [-0.2, -0.15) is 0 Å². The van der Waals surface area contributed by atoms with E-state index in [9.17, 15) is 9.59 Å². The zero-order valence-electron chi connectivity index (χ0n) is 15.5. The molecule has 0 saturated heterocycles. The van der Waals surface area contributed by atoms with E-state index in [1.165, 1.54) is 18.4 Å². The summed E-state index contributed by atoms with van der Waals surface area (Å²) in [6.07, 6.45) is 4.22. The van der Waals surface area contributed by atoms with E-state index in [4.69, 9.17) is 9.15 Å². The zero-order chi connectivity index (χ0) is 19.4. The van der Waals surface area contributed by atoms with E-state index in [2.05, 4.69) is 5.32 Å². The fraction of sp³-hybridized carbons (Fsp3) is 0.182. The quantitative estimate of drug-likeness (QED) is 0.676. The molecule has 138 valence electrons. The van der Waals surface area contributed by atoms with E-state index in [0.29, 0.717) is 22.2 Å². The average molecular weight is 363 g/mol. The smallest absolute Gasteiger partial charge is 0.248 e. The van der Waals surface area contributed by atoms with E-state index in [1.54, 1.807) is 36.4 Å². The normalized spacial score (nSPS) is 11.3. The summed E-state index contributed by atoms with van der Waals surface area (Å²) in [5, 5.41) is 3.24. The van der Waals surface area contributed by atoms with Crippen LogP contribution in [0, 0.1) is 6.92 Å². The summed E-state index contributed by atoms with van der Waals surface area (Å²) in [7, 11) is 0. The van der Waals surface area contributed by atoms with Crippen LogP contribution in [0.5, 0.6) is 5.75 Å². The number of aryl methyl sites for hydroxylation is 1. The van der Waals surface area contributed by atoms with Crippen LogP contribution in [0.25, 0.3) is 17.0 Å². The Morgan fingerprint density at radius 1 is 1.15 bits per heavy atom. The van der Waals surface area contributed by atoms with Gasteiger partial charge in [0.25, 0.3) is 0 Å². The van der Waals surface area contributed by atoms with Crippen molar-refractivity contribution in [3.8, 4) is 5.75 Å². The lowest BCUT2D eigenvalue weighted by molar-refractivity contribution is -0.111. The molecule has 0 atom stereocenters. The lowest BCUT2D eigenvalue weighted by Gasteiger charge is -2.10. The molecule has 3 rings (SSSR count). The van der Waals surface area contributed by atoms with Gasteiger partial charge in [-0.05, 0) is 63.2 Å². The molecule has 0 aliphatic carbocycles.